The average Bonchev–Trinajstić information content (AvgIpc) is 2.20. The lowest BCUT2D eigenvalue weighted by Crippen LogP contribution is -1.95. The van der Waals surface area contributed by atoms with Crippen LogP contribution in [0.5, 0.6) is 0 Å². The van der Waals surface area contributed by atoms with E-state index >= 15 is 0 Å². The monoisotopic (exact) mass is 216 g/mol. The fourth-order valence-electron chi connectivity index (χ4n) is 1.55. The lowest BCUT2D eigenvalue weighted by atomic mass is 10.2. The summed E-state index contributed by atoms with van der Waals surface area (Å²) in [7, 11) is 0. The van der Waals surface area contributed by atoms with E-state index in [2.05, 4.69) is 5.32 Å². The van der Waals surface area contributed by atoms with Gasteiger partial charge in [0.1, 0.15) is 5.82 Å². The lowest BCUT2D eigenvalue weighted by Gasteiger charge is -2.09. The van der Waals surface area contributed by atoms with Crippen LogP contribution >= 0.6 is 0 Å². The highest BCUT2D eigenvalue weighted by molar-refractivity contribution is 5.65. The van der Waals surface area contributed by atoms with Gasteiger partial charge in [-0.15, -0.1) is 0 Å². The van der Waals surface area contributed by atoms with Crippen LogP contribution in [-0.2, 0) is 0 Å². The second kappa shape index (κ2) is 4.23. The molecule has 3 N–H and O–H groups in total. The summed E-state index contributed by atoms with van der Waals surface area (Å²) in [6.07, 6.45) is 0. The van der Waals surface area contributed by atoms with Gasteiger partial charge in [0.05, 0.1) is 0 Å². The number of hydrogen-bond acceptors (Lipinski definition) is 2. The van der Waals surface area contributed by atoms with Crippen LogP contribution < -0.4 is 11.1 Å². The van der Waals surface area contributed by atoms with Crippen molar-refractivity contribution in [2.24, 2.45) is 0 Å². The predicted octanol–water partition coefficient (Wildman–Crippen LogP) is 3.46. The molecule has 16 heavy (non-hydrogen) atoms. The van der Waals surface area contributed by atoms with E-state index < -0.39 is 0 Å². The molecule has 0 unspecified atom stereocenters. The second-order valence-corrected chi connectivity index (χ2v) is 3.71. The van der Waals surface area contributed by atoms with E-state index in [1.54, 1.807) is 6.07 Å². The summed E-state index contributed by atoms with van der Waals surface area (Å²) < 4.78 is 13.1. The number of hydrogen-bond donors (Lipinski definition) is 2. The van der Waals surface area contributed by atoms with Gasteiger partial charge in [0.2, 0.25) is 0 Å². The van der Waals surface area contributed by atoms with Crippen LogP contribution in [0.4, 0.5) is 21.5 Å². The Morgan fingerprint density at radius 3 is 2.56 bits per heavy atom. The zero-order valence-corrected chi connectivity index (χ0v) is 9.00. The van der Waals surface area contributed by atoms with E-state index in [0.717, 1.165) is 11.3 Å². The van der Waals surface area contributed by atoms with Gasteiger partial charge < -0.3 is 11.1 Å². The molecule has 0 bridgehead atoms. The Kier molecular flexibility index (Phi) is 2.77. The smallest absolute Gasteiger partial charge is 0.127 e. The van der Waals surface area contributed by atoms with Crippen LogP contribution in [0.15, 0.2) is 42.5 Å². The number of anilines is 3. The van der Waals surface area contributed by atoms with Crippen molar-refractivity contribution in [2.45, 2.75) is 6.92 Å². The van der Waals surface area contributed by atoms with E-state index in [4.69, 9.17) is 5.73 Å². The maximum absolute atomic E-state index is 13.1. The summed E-state index contributed by atoms with van der Waals surface area (Å²) in [5.74, 6) is -0.337. The first kappa shape index (κ1) is 10.5. The van der Waals surface area contributed by atoms with Crippen LogP contribution in [0.1, 0.15) is 5.56 Å². The molecule has 0 saturated heterocycles. The van der Waals surface area contributed by atoms with Crippen molar-refractivity contribution in [1.29, 1.82) is 0 Å². The number of nitrogen functional groups attached to an aromatic ring is 1. The van der Waals surface area contributed by atoms with E-state index in [1.807, 2.05) is 31.2 Å². The van der Waals surface area contributed by atoms with Crippen LogP contribution in [0, 0.1) is 12.7 Å². The Hall–Kier alpha value is -2.03. The Morgan fingerprint density at radius 1 is 1.12 bits per heavy atom. The maximum atomic E-state index is 13.1. The molecule has 0 fully saturated rings. The number of nitrogens with two attached hydrogens (primary N) is 1. The molecule has 0 heterocycles. The third-order valence-corrected chi connectivity index (χ3v) is 2.34. The first-order chi connectivity index (χ1) is 7.65. The molecule has 2 nitrogen and oxygen atoms in total. The van der Waals surface area contributed by atoms with Crippen molar-refractivity contribution in [1.82, 2.24) is 0 Å². The molecule has 2 aromatic carbocycles. The zero-order valence-electron chi connectivity index (χ0n) is 9.00. The van der Waals surface area contributed by atoms with Gasteiger partial charge in [-0.25, -0.2) is 4.39 Å². The van der Waals surface area contributed by atoms with E-state index in [-0.39, 0.29) is 5.82 Å². The molecular weight excluding hydrogens is 203 g/mol. The first-order valence-electron chi connectivity index (χ1n) is 5.04. The van der Waals surface area contributed by atoms with Crippen molar-refractivity contribution in [3.05, 3.63) is 53.8 Å². The van der Waals surface area contributed by atoms with Crippen LogP contribution in [-0.4, -0.2) is 0 Å². The van der Waals surface area contributed by atoms with Crippen molar-refractivity contribution >= 4 is 17.1 Å². The molecule has 0 aromatic heterocycles. The third kappa shape index (κ3) is 2.31. The van der Waals surface area contributed by atoms with Gasteiger partial charge in [-0.2, -0.15) is 0 Å². The molecular formula is C13H13FN2. The van der Waals surface area contributed by atoms with Gasteiger partial charge in [-0.3, -0.25) is 0 Å². The summed E-state index contributed by atoms with van der Waals surface area (Å²) >= 11 is 0. The highest BCUT2D eigenvalue weighted by atomic mass is 19.1. The van der Waals surface area contributed by atoms with Gasteiger partial charge in [0.15, 0.2) is 0 Å². The fraction of sp³-hybridized carbons (Fsp3) is 0.0769. The summed E-state index contributed by atoms with van der Waals surface area (Å²) in [5, 5.41) is 3.13. The molecule has 0 aliphatic carbocycles. The standard InChI is InChI=1S/C13H13FN2/c1-9-4-2-3-5-13(9)16-12-7-10(14)6-11(15)8-12/h2-8,16H,15H2,1H3. The maximum Gasteiger partial charge on any atom is 0.127 e. The molecule has 0 spiro atoms. The highest BCUT2D eigenvalue weighted by Gasteiger charge is 2.00. The van der Waals surface area contributed by atoms with Crippen molar-refractivity contribution < 1.29 is 4.39 Å². The molecule has 82 valence electrons. The molecule has 0 amide bonds. The molecule has 0 atom stereocenters. The van der Waals surface area contributed by atoms with E-state index in [0.29, 0.717) is 11.4 Å². The lowest BCUT2D eigenvalue weighted by molar-refractivity contribution is 0.629. The van der Waals surface area contributed by atoms with Gasteiger partial charge in [-0.1, -0.05) is 18.2 Å². The number of benzene rings is 2. The van der Waals surface area contributed by atoms with Crippen molar-refractivity contribution in [2.75, 3.05) is 11.1 Å². The normalized spacial score (nSPS) is 10.1. The molecule has 3 heteroatoms. The van der Waals surface area contributed by atoms with E-state index in [9.17, 15) is 4.39 Å². The quantitative estimate of drug-likeness (QED) is 0.754. The van der Waals surface area contributed by atoms with E-state index in [1.165, 1.54) is 12.1 Å². The predicted molar refractivity (Wildman–Crippen MR) is 65.3 cm³/mol. The molecule has 0 aliphatic rings. The number of aryl methyl sites for hydroxylation is 1. The third-order valence-electron chi connectivity index (χ3n) is 2.34. The van der Waals surface area contributed by atoms with Gasteiger partial charge in [0, 0.05) is 17.1 Å². The van der Waals surface area contributed by atoms with Crippen LogP contribution in [0.3, 0.4) is 0 Å². The number of nitrogens with one attached hydrogen (secondary N) is 1. The zero-order chi connectivity index (χ0) is 11.5. The van der Waals surface area contributed by atoms with Gasteiger partial charge in [0.25, 0.3) is 0 Å². The Bertz CT molecular complexity index is 489. The van der Waals surface area contributed by atoms with Gasteiger partial charge in [-0.05, 0) is 36.8 Å². The Balaban J connectivity index is 2.30. The second-order valence-electron chi connectivity index (χ2n) is 3.71. The Morgan fingerprint density at radius 2 is 1.88 bits per heavy atom. The SMILES string of the molecule is Cc1ccccc1Nc1cc(N)cc(F)c1. The minimum absolute atomic E-state index is 0.337. The van der Waals surface area contributed by atoms with Crippen LogP contribution in [0.2, 0.25) is 0 Å². The summed E-state index contributed by atoms with van der Waals surface area (Å²) in [6.45, 7) is 1.99. The minimum Gasteiger partial charge on any atom is -0.399 e. The number of rotatable bonds is 2. The Labute approximate surface area is 93.9 Å². The minimum atomic E-state index is -0.337. The molecule has 0 radical (unpaired) electrons. The van der Waals surface area contributed by atoms with Crippen molar-refractivity contribution in [3.63, 3.8) is 0 Å². The largest absolute Gasteiger partial charge is 0.399 e. The fourth-order valence-corrected chi connectivity index (χ4v) is 1.55. The summed E-state index contributed by atoms with van der Waals surface area (Å²) in [6, 6.07) is 12.2. The highest BCUT2D eigenvalue weighted by Crippen LogP contribution is 2.22. The molecule has 2 aromatic rings. The first-order valence-corrected chi connectivity index (χ1v) is 5.04. The van der Waals surface area contributed by atoms with Gasteiger partial charge >= 0.3 is 0 Å². The number of para-hydroxylation sites is 1. The number of halogens is 1. The molecule has 0 saturated carbocycles. The van der Waals surface area contributed by atoms with Crippen LogP contribution in [0.25, 0.3) is 0 Å². The van der Waals surface area contributed by atoms with Crippen molar-refractivity contribution in [3.8, 4) is 0 Å². The molecule has 0 aliphatic heterocycles. The average molecular weight is 216 g/mol. The molecule has 2 rings (SSSR count). The summed E-state index contributed by atoms with van der Waals surface area (Å²) in [5.41, 5.74) is 8.70. The topological polar surface area (TPSA) is 38.0 Å². The summed E-state index contributed by atoms with van der Waals surface area (Å²) in [4.78, 5) is 0.